The lowest BCUT2D eigenvalue weighted by Gasteiger charge is -2.07. The van der Waals surface area contributed by atoms with Crippen LogP contribution in [0.5, 0.6) is 0 Å². The van der Waals surface area contributed by atoms with Crippen molar-refractivity contribution in [1.82, 2.24) is 0 Å². The fraction of sp³-hybridized carbons (Fsp3) is 0.100. The minimum atomic E-state index is -4.37. The van der Waals surface area contributed by atoms with Crippen molar-refractivity contribution in [2.75, 3.05) is 0 Å². The standard InChI is InChI=1S/C10H3BrF3N/c11-9-6-8(10(12,13)14)4-3-7(9)2-1-5-15/h3-4,6H. The van der Waals surface area contributed by atoms with Crippen LogP contribution in [0.2, 0.25) is 0 Å². The smallest absolute Gasteiger partial charge is 0.183 e. The molecule has 0 heterocycles. The van der Waals surface area contributed by atoms with Crippen molar-refractivity contribution in [3.8, 4) is 17.9 Å². The summed E-state index contributed by atoms with van der Waals surface area (Å²) in [5, 5.41) is 8.18. The van der Waals surface area contributed by atoms with E-state index in [2.05, 4.69) is 27.8 Å². The fourth-order valence-electron chi connectivity index (χ4n) is 0.888. The molecule has 0 aliphatic rings. The second kappa shape index (κ2) is 4.37. The Balaban J connectivity index is 3.16. The van der Waals surface area contributed by atoms with Gasteiger partial charge >= 0.3 is 6.18 Å². The summed E-state index contributed by atoms with van der Waals surface area (Å²) in [6, 6.07) is 4.66. The Labute approximate surface area is 92.6 Å². The van der Waals surface area contributed by atoms with Crippen LogP contribution in [0.3, 0.4) is 0 Å². The third-order valence-electron chi connectivity index (χ3n) is 1.55. The number of halogens is 4. The molecule has 1 aromatic carbocycles. The highest BCUT2D eigenvalue weighted by molar-refractivity contribution is 9.10. The third-order valence-corrected chi connectivity index (χ3v) is 2.21. The highest BCUT2D eigenvalue weighted by Gasteiger charge is 2.30. The summed E-state index contributed by atoms with van der Waals surface area (Å²) in [4.78, 5) is 0. The molecular formula is C10H3BrF3N. The van der Waals surface area contributed by atoms with Gasteiger partial charge in [-0.25, -0.2) is 0 Å². The van der Waals surface area contributed by atoms with Gasteiger partial charge in [0.05, 0.1) is 5.56 Å². The maximum atomic E-state index is 12.2. The highest BCUT2D eigenvalue weighted by Crippen LogP contribution is 2.31. The van der Waals surface area contributed by atoms with Crippen molar-refractivity contribution in [3.05, 3.63) is 33.8 Å². The minimum absolute atomic E-state index is 0.222. The van der Waals surface area contributed by atoms with E-state index in [1.54, 1.807) is 6.07 Å². The molecule has 1 nitrogen and oxygen atoms in total. The largest absolute Gasteiger partial charge is 0.416 e. The van der Waals surface area contributed by atoms with Gasteiger partial charge in [-0.15, -0.1) is 0 Å². The van der Waals surface area contributed by atoms with Crippen LogP contribution in [0, 0.1) is 23.2 Å². The topological polar surface area (TPSA) is 23.8 Å². The lowest BCUT2D eigenvalue weighted by Crippen LogP contribution is -2.04. The van der Waals surface area contributed by atoms with Gasteiger partial charge < -0.3 is 0 Å². The molecule has 0 aliphatic heterocycles. The molecule has 0 fully saturated rings. The Morgan fingerprint density at radius 1 is 1.27 bits per heavy atom. The van der Waals surface area contributed by atoms with Crippen LogP contribution in [0.4, 0.5) is 13.2 Å². The second-order valence-corrected chi connectivity index (χ2v) is 3.41. The number of alkyl halides is 3. The summed E-state index contributed by atoms with van der Waals surface area (Å²) in [5.74, 6) is 4.52. The van der Waals surface area contributed by atoms with Crippen molar-refractivity contribution in [3.63, 3.8) is 0 Å². The highest BCUT2D eigenvalue weighted by atomic mass is 79.9. The van der Waals surface area contributed by atoms with Crippen LogP contribution in [0.25, 0.3) is 0 Å². The second-order valence-electron chi connectivity index (χ2n) is 2.55. The Kier molecular flexibility index (Phi) is 3.39. The van der Waals surface area contributed by atoms with Gasteiger partial charge in [-0.05, 0) is 40.0 Å². The zero-order valence-electron chi connectivity index (χ0n) is 7.19. The first-order chi connectivity index (χ1) is 6.95. The normalized spacial score (nSPS) is 10.1. The van der Waals surface area contributed by atoms with Gasteiger partial charge in [0, 0.05) is 16.0 Å². The third kappa shape index (κ3) is 3.00. The molecule has 0 bridgehead atoms. The molecule has 0 radical (unpaired) electrons. The Morgan fingerprint density at radius 2 is 1.93 bits per heavy atom. The summed E-state index contributed by atoms with van der Waals surface area (Å²) in [6.45, 7) is 0. The predicted octanol–water partition coefficient (Wildman–Crippen LogP) is 3.34. The zero-order chi connectivity index (χ0) is 11.5. The first kappa shape index (κ1) is 11.6. The summed E-state index contributed by atoms with van der Waals surface area (Å²) in [5.41, 5.74) is -0.401. The van der Waals surface area contributed by atoms with Gasteiger partial charge in [0.1, 0.15) is 0 Å². The Bertz CT molecular complexity index is 474. The molecule has 0 spiro atoms. The summed E-state index contributed by atoms with van der Waals surface area (Å²) < 4.78 is 36.9. The zero-order valence-corrected chi connectivity index (χ0v) is 8.78. The lowest BCUT2D eigenvalue weighted by atomic mass is 10.1. The van der Waals surface area contributed by atoms with E-state index >= 15 is 0 Å². The van der Waals surface area contributed by atoms with Gasteiger partial charge in [-0.2, -0.15) is 18.4 Å². The van der Waals surface area contributed by atoms with Crippen LogP contribution in [-0.2, 0) is 6.18 Å². The molecule has 76 valence electrons. The maximum absolute atomic E-state index is 12.2. The molecule has 0 saturated heterocycles. The van der Waals surface area contributed by atoms with Crippen molar-refractivity contribution in [1.29, 1.82) is 5.26 Å². The molecule has 0 unspecified atom stereocenters. The van der Waals surface area contributed by atoms with E-state index in [0.29, 0.717) is 5.56 Å². The minimum Gasteiger partial charge on any atom is -0.183 e. The van der Waals surface area contributed by atoms with Crippen LogP contribution >= 0.6 is 15.9 Å². The molecule has 1 aromatic rings. The molecule has 0 aromatic heterocycles. The molecular weight excluding hydrogens is 271 g/mol. The SMILES string of the molecule is N#CC#Cc1ccc(C(F)(F)F)cc1Br. The van der Waals surface area contributed by atoms with E-state index in [1.807, 2.05) is 0 Å². The molecule has 0 aliphatic carbocycles. The average Bonchev–Trinajstić information content (AvgIpc) is 2.14. The Morgan fingerprint density at radius 3 is 2.40 bits per heavy atom. The molecule has 5 heteroatoms. The van der Waals surface area contributed by atoms with Crippen LogP contribution < -0.4 is 0 Å². The average molecular weight is 274 g/mol. The van der Waals surface area contributed by atoms with Crippen molar-refractivity contribution in [2.45, 2.75) is 6.18 Å². The molecule has 0 N–H and O–H groups in total. The summed E-state index contributed by atoms with van der Waals surface area (Å²) in [7, 11) is 0. The summed E-state index contributed by atoms with van der Waals surface area (Å²) in [6.07, 6.45) is -4.37. The van der Waals surface area contributed by atoms with E-state index < -0.39 is 11.7 Å². The van der Waals surface area contributed by atoms with E-state index in [-0.39, 0.29) is 4.47 Å². The molecule has 0 amide bonds. The van der Waals surface area contributed by atoms with Gasteiger partial charge in [-0.1, -0.05) is 0 Å². The number of nitrogens with zero attached hydrogens (tertiary/aromatic N) is 1. The number of hydrogen-bond acceptors (Lipinski definition) is 1. The van der Waals surface area contributed by atoms with Crippen LogP contribution in [-0.4, -0.2) is 0 Å². The van der Waals surface area contributed by atoms with Crippen LogP contribution in [0.15, 0.2) is 22.7 Å². The van der Waals surface area contributed by atoms with Crippen molar-refractivity contribution < 1.29 is 13.2 Å². The first-order valence-corrected chi connectivity index (χ1v) is 4.51. The molecule has 1 rings (SSSR count). The van der Waals surface area contributed by atoms with Crippen molar-refractivity contribution in [2.24, 2.45) is 0 Å². The van der Waals surface area contributed by atoms with E-state index in [1.165, 1.54) is 6.07 Å². The lowest BCUT2D eigenvalue weighted by molar-refractivity contribution is -0.137. The molecule has 0 saturated carbocycles. The number of hydrogen-bond donors (Lipinski definition) is 0. The fourth-order valence-corrected chi connectivity index (χ4v) is 1.37. The Hall–Kier alpha value is -1.46. The van der Waals surface area contributed by atoms with Gasteiger partial charge in [0.25, 0.3) is 0 Å². The van der Waals surface area contributed by atoms with Gasteiger partial charge in [-0.3, -0.25) is 0 Å². The number of benzene rings is 1. The van der Waals surface area contributed by atoms with Crippen molar-refractivity contribution >= 4 is 15.9 Å². The molecule has 0 atom stereocenters. The quantitative estimate of drug-likeness (QED) is 0.665. The van der Waals surface area contributed by atoms with Gasteiger partial charge in [0.15, 0.2) is 6.07 Å². The monoisotopic (exact) mass is 273 g/mol. The maximum Gasteiger partial charge on any atom is 0.416 e. The van der Waals surface area contributed by atoms with Gasteiger partial charge in [0.2, 0.25) is 0 Å². The number of nitriles is 1. The van der Waals surface area contributed by atoms with E-state index in [9.17, 15) is 13.2 Å². The predicted molar refractivity (Wildman–Crippen MR) is 51.6 cm³/mol. The number of rotatable bonds is 0. The summed E-state index contributed by atoms with van der Waals surface area (Å²) >= 11 is 2.96. The van der Waals surface area contributed by atoms with Crippen LogP contribution in [0.1, 0.15) is 11.1 Å². The first-order valence-electron chi connectivity index (χ1n) is 3.72. The van der Waals surface area contributed by atoms with E-state index in [0.717, 1.165) is 12.1 Å². The molecule has 15 heavy (non-hydrogen) atoms. The van der Waals surface area contributed by atoms with E-state index in [4.69, 9.17) is 5.26 Å².